The lowest BCUT2D eigenvalue weighted by Crippen LogP contribution is -2.42. The van der Waals surface area contributed by atoms with Crippen LogP contribution in [0.4, 0.5) is 0 Å². The zero-order valence-electron chi connectivity index (χ0n) is 9.34. The molecule has 0 bridgehead atoms. The molecule has 16 heavy (non-hydrogen) atoms. The minimum absolute atomic E-state index is 0.430. The molecule has 0 heterocycles. The Morgan fingerprint density at radius 1 is 1.38 bits per heavy atom. The number of hydrogen-bond acceptors (Lipinski definition) is 1. The molecule has 1 N–H and O–H groups in total. The van der Waals surface area contributed by atoms with E-state index in [0.717, 1.165) is 18.4 Å². The Bertz CT molecular complexity index is 387. The highest BCUT2D eigenvalue weighted by atomic mass is 35.5. The first-order valence-electron chi connectivity index (χ1n) is 5.65. The van der Waals surface area contributed by atoms with Crippen LogP contribution in [-0.2, 0) is 6.42 Å². The van der Waals surface area contributed by atoms with E-state index in [1.54, 1.807) is 0 Å². The predicted octanol–water partition coefficient (Wildman–Crippen LogP) is 3.80. The molecule has 0 spiro atoms. The summed E-state index contributed by atoms with van der Waals surface area (Å²) in [6.07, 6.45) is 2.97. The smallest absolute Gasteiger partial charge is 0.0876 e. The highest BCUT2D eigenvalue weighted by Crippen LogP contribution is 2.53. The second-order valence-corrected chi connectivity index (χ2v) is 5.75. The first-order chi connectivity index (χ1) is 7.51. The number of alkyl halides is 1. The van der Waals surface area contributed by atoms with Gasteiger partial charge in [-0.15, -0.1) is 11.6 Å². The molecule has 0 radical (unpaired) electrons. The van der Waals surface area contributed by atoms with Crippen LogP contribution in [0.2, 0.25) is 5.02 Å². The summed E-state index contributed by atoms with van der Waals surface area (Å²) in [6, 6.07) is 7.63. The van der Waals surface area contributed by atoms with Crippen LogP contribution in [0.1, 0.15) is 31.7 Å². The normalized spacial score (nSPS) is 21.5. The lowest BCUT2D eigenvalue weighted by atomic mass is 9.87. The summed E-state index contributed by atoms with van der Waals surface area (Å²) in [5.74, 6) is 0. The van der Waals surface area contributed by atoms with Crippen LogP contribution in [0.15, 0.2) is 24.3 Å². The summed E-state index contributed by atoms with van der Waals surface area (Å²) in [4.78, 5) is -0.430. The zero-order chi connectivity index (χ0) is 11.8. The van der Waals surface area contributed by atoms with E-state index >= 15 is 0 Å². The van der Waals surface area contributed by atoms with E-state index in [-0.39, 0.29) is 0 Å². The van der Waals surface area contributed by atoms with Crippen molar-refractivity contribution in [2.75, 3.05) is 0 Å². The Morgan fingerprint density at radius 2 is 2.00 bits per heavy atom. The SMILES string of the molecule is CCC(O)(Cc1ccccc1Cl)C1(Cl)CC1. The van der Waals surface area contributed by atoms with E-state index in [0.29, 0.717) is 17.9 Å². The van der Waals surface area contributed by atoms with Crippen LogP contribution >= 0.6 is 23.2 Å². The first kappa shape index (κ1) is 12.2. The van der Waals surface area contributed by atoms with Crippen molar-refractivity contribution in [1.82, 2.24) is 0 Å². The van der Waals surface area contributed by atoms with Crippen LogP contribution in [0.25, 0.3) is 0 Å². The molecule has 0 aliphatic heterocycles. The van der Waals surface area contributed by atoms with E-state index in [9.17, 15) is 5.11 Å². The third kappa shape index (κ3) is 2.09. The van der Waals surface area contributed by atoms with Gasteiger partial charge in [0.15, 0.2) is 0 Å². The van der Waals surface area contributed by atoms with Crippen LogP contribution in [0, 0.1) is 0 Å². The Balaban J connectivity index is 2.22. The third-order valence-corrected chi connectivity index (χ3v) is 4.65. The molecule has 1 fully saturated rings. The van der Waals surface area contributed by atoms with Crippen LogP contribution in [0.5, 0.6) is 0 Å². The lowest BCUT2D eigenvalue weighted by Gasteiger charge is -2.32. The molecule has 0 aromatic heterocycles. The van der Waals surface area contributed by atoms with Crippen molar-refractivity contribution in [2.45, 2.75) is 43.1 Å². The number of rotatable bonds is 4. The molecule has 1 aliphatic rings. The molecule has 2 rings (SSSR count). The Morgan fingerprint density at radius 3 is 2.50 bits per heavy atom. The van der Waals surface area contributed by atoms with Gasteiger partial charge in [0.25, 0.3) is 0 Å². The van der Waals surface area contributed by atoms with Crippen molar-refractivity contribution in [3.63, 3.8) is 0 Å². The zero-order valence-corrected chi connectivity index (χ0v) is 10.9. The maximum Gasteiger partial charge on any atom is 0.0876 e. The van der Waals surface area contributed by atoms with E-state index < -0.39 is 10.5 Å². The van der Waals surface area contributed by atoms with Crippen LogP contribution in [0.3, 0.4) is 0 Å². The molecule has 1 unspecified atom stereocenters. The van der Waals surface area contributed by atoms with E-state index in [2.05, 4.69) is 0 Å². The largest absolute Gasteiger partial charge is 0.388 e. The Kier molecular flexibility index (Phi) is 3.22. The molecule has 1 saturated carbocycles. The molecule has 88 valence electrons. The molecular formula is C13H16Cl2O. The summed E-state index contributed by atoms with van der Waals surface area (Å²) in [7, 11) is 0. The average Bonchev–Trinajstić information content (AvgIpc) is 3.01. The van der Waals surface area contributed by atoms with Crippen LogP contribution in [-0.4, -0.2) is 15.6 Å². The maximum atomic E-state index is 10.6. The summed E-state index contributed by atoms with van der Waals surface area (Å²) < 4.78 is 0. The number of aliphatic hydroxyl groups is 1. The van der Waals surface area contributed by atoms with Gasteiger partial charge in [0, 0.05) is 11.4 Å². The fraction of sp³-hybridized carbons (Fsp3) is 0.538. The van der Waals surface area contributed by atoms with Gasteiger partial charge < -0.3 is 5.11 Å². The van der Waals surface area contributed by atoms with Crippen molar-refractivity contribution >= 4 is 23.2 Å². The number of hydrogen-bond donors (Lipinski definition) is 1. The predicted molar refractivity (Wildman–Crippen MR) is 68.2 cm³/mol. The topological polar surface area (TPSA) is 20.2 Å². The third-order valence-electron chi connectivity index (χ3n) is 3.55. The standard InChI is InChI=1S/C13H16Cl2O/c1-2-13(16,12(15)7-8-12)9-10-5-3-4-6-11(10)14/h3-6,16H,2,7-9H2,1H3. The van der Waals surface area contributed by atoms with Gasteiger partial charge in [-0.05, 0) is 30.9 Å². The molecule has 1 nitrogen and oxygen atoms in total. The van der Waals surface area contributed by atoms with E-state index in [1.165, 1.54) is 0 Å². The van der Waals surface area contributed by atoms with E-state index in [1.807, 2.05) is 31.2 Å². The fourth-order valence-corrected chi connectivity index (χ4v) is 2.63. The van der Waals surface area contributed by atoms with Crippen molar-refractivity contribution in [1.29, 1.82) is 0 Å². The molecule has 3 heteroatoms. The van der Waals surface area contributed by atoms with Gasteiger partial charge in [0.1, 0.15) is 0 Å². The molecule has 1 atom stereocenters. The van der Waals surface area contributed by atoms with Crippen molar-refractivity contribution in [3.8, 4) is 0 Å². The van der Waals surface area contributed by atoms with Gasteiger partial charge in [0.2, 0.25) is 0 Å². The average molecular weight is 259 g/mol. The maximum absolute atomic E-state index is 10.6. The lowest BCUT2D eigenvalue weighted by molar-refractivity contribution is 0.0242. The minimum Gasteiger partial charge on any atom is -0.388 e. The molecular weight excluding hydrogens is 243 g/mol. The molecule has 1 aromatic rings. The summed E-state index contributed by atoms with van der Waals surface area (Å²) in [5.41, 5.74) is 0.139. The molecule has 0 amide bonds. The summed E-state index contributed by atoms with van der Waals surface area (Å²) in [5, 5.41) is 11.3. The monoisotopic (exact) mass is 258 g/mol. The quantitative estimate of drug-likeness (QED) is 0.815. The molecule has 1 aliphatic carbocycles. The second-order valence-electron chi connectivity index (χ2n) is 4.62. The summed E-state index contributed by atoms with van der Waals surface area (Å²) >= 11 is 12.5. The second kappa shape index (κ2) is 4.21. The van der Waals surface area contributed by atoms with Gasteiger partial charge >= 0.3 is 0 Å². The fourth-order valence-electron chi connectivity index (χ4n) is 2.13. The van der Waals surface area contributed by atoms with Crippen LogP contribution < -0.4 is 0 Å². The van der Waals surface area contributed by atoms with E-state index in [4.69, 9.17) is 23.2 Å². The van der Waals surface area contributed by atoms with Crippen molar-refractivity contribution in [2.24, 2.45) is 0 Å². The summed E-state index contributed by atoms with van der Waals surface area (Å²) in [6.45, 7) is 1.97. The van der Waals surface area contributed by atoms with Gasteiger partial charge in [-0.1, -0.05) is 36.7 Å². The van der Waals surface area contributed by atoms with Crippen molar-refractivity contribution < 1.29 is 5.11 Å². The number of halogens is 2. The molecule has 1 aromatic carbocycles. The number of benzene rings is 1. The van der Waals surface area contributed by atoms with Gasteiger partial charge in [-0.2, -0.15) is 0 Å². The first-order valence-corrected chi connectivity index (χ1v) is 6.41. The molecule has 0 saturated heterocycles. The minimum atomic E-state index is -0.834. The Labute approximate surface area is 106 Å². The van der Waals surface area contributed by atoms with Gasteiger partial charge in [-0.25, -0.2) is 0 Å². The Hall–Kier alpha value is -0.240. The van der Waals surface area contributed by atoms with Gasteiger partial charge in [0.05, 0.1) is 10.5 Å². The highest BCUT2D eigenvalue weighted by Gasteiger charge is 2.56. The highest BCUT2D eigenvalue weighted by molar-refractivity contribution is 6.31. The van der Waals surface area contributed by atoms with Gasteiger partial charge in [-0.3, -0.25) is 0 Å². The van der Waals surface area contributed by atoms with Crippen molar-refractivity contribution in [3.05, 3.63) is 34.9 Å².